The lowest BCUT2D eigenvalue weighted by Crippen LogP contribution is -2.47. The molecule has 0 fully saturated rings. The van der Waals surface area contributed by atoms with Gasteiger partial charge in [-0.3, -0.25) is 0 Å². The zero-order chi connectivity index (χ0) is 12.6. The highest BCUT2D eigenvalue weighted by Crippen LogP contribution is 2.42. The van der Waals surface area contributed by atoms with Gasteiger partial charge in [-0.25, -0.2) is 0 Å². The van der Waals surface area contributed by atoms with Gasteiger partial charge in [0.25, 0.3) is 0 Å². The van der Waals surface area contributed by atoms with Crippen LogP contribution in [0.1, 0.15) is 31.9 Å². The summed E-state index contributed by atoms with van der Waals surface area (Å²) >= 11 is 5.91. The summed E-state index contributed by atoms with van der Waals surface area (Å²) in [5.74, 6) is 0.680. The van der Waals surface area contributed by atoms with Crippen molar-refractivity contribution in [2.24, 2.45) is 0 Å². The Morgan fingerprint density at radius 3 is 2.94 bits per heavy atom. The highest BCUT2D eigenvalue weighted by molar-refractivity contribution is 6.30. The van der Waals surface area contributed by atoms with E-state index in [1.165, 1.54) is 0 Å². The molecule has 1 aliphatic heterocycles. The molecule has 1 aliphatic rings. The van der Waals surface area contributed by atoms with E-state index in [9.17, 15) is 5.11 Å². The number of aliphatic hydroxyl groups excluding tert-OH is 1. The summed E-state index contributed by atoms with van der Waals surface area (Å²) in [4.78, 5) is 0. The maximum Gasteiger partial charge on any atom is 0.135 e. The number of benzene rings is 1. The third-order valence-corrected chi connectivity index (χ3v) is 3.72. The van der Waals surface area contributed by atoms with Gasteiger partial charge in [0.05, 0.1) is 12.2 Å². The average molecular weight is 257 g/mol. The van der Waals surface area contributed by atoms with Gasteiger partial charge in [0.15, 0.2) is 0 Å². The normalized spacial score (nSPS) is 29.4. The first-order valence-corrected chi connectivity index (χ1v) is 6.03. The van der Waals surface area contributed by atoms with Crippen LogP contribution in [-0.4, -0.2) is 23.9 Å². The van der Waals surface area contributed by atoms with Gasteiger partial charge in [-0.2, -0.15) is 0 Å². The molecule has 2 rings (SSSR count). The van der Waals surface area contributed by atoms with Crippen molar-refractivity contribution in [3.05, 3.63) is 28.8 Å². The van der Waals surface area contributed by atoms with Crippen molar-refractivity contribution in [2.45, 2.75) is 38.1 Å². The van der Waals surface area contributed by atoms with Crippen molar-refractivity contribution in [1.29, 1.82) is 0 Å². The lowest BCUT2D eigenvalue weighted by Gasteiger charge is -2.41. The molecule has 0 spiro atoms. The average Bonchev–Trinajstić information content (AvgIpc) is 2.29. The molecule has 1 aromatic rings. The summed E-state index contributed by atoms with van der Waals surface area (Å²) in [7, 11) is 1.64. The molecule has 1 N–H and O–H groups in total. The standard InChI is InChI=1S/C13H17ClO3/c1-8(16-3)13(2)7-11(15)10-6-9(14)4-5-12(10)17-13/h4-6,8,11,15H,7H2,1-3H3. The number of halogens is 1. The molecule has 0 saturated carbocycles. The quantitative estimate of drug-likeness (QED) is 0.884. The van der Waals surface area contributed by atoms with E-state index in [1.807, 2.05) is 13.8 Å². The number of ether oxygens (including phenoxy) is 2. The van der Waals surface area contributed by atoms with Crippen molar-refractivity contribution in [3.63, 3.8) is 0 Å². The molecule has 17 heavy (non-hydrogen) atoms. The number of hydrogen-bond donors (Lipinski definition) is 1. The number of methoxy groups -OCH3 is 1. The first-order chi connectivity index (χ1) is 7.96. The van der Waals surface area contributed by atoms with Crippen molar-refractivity contribution in [3.8, 4) is 5.75 Å². The van der Waals surface area contributed by atoms with E-state index < -0.39 is 11.7 Å². The minimum Gasteiger partial charge on any atom is -0.484 e. The molecule has 0 aromatic heterocycles. The first kappa shape index (κ1) is 12.7. The molecule has 0 aliphatic carbocycles. The largest absolute Gasteiger partial charge is 0.484 e. The zero-order valence-corrected chi connectivity index (χ0v) is 11.0. The van der Waals surface area contributed by atoms with Crippen molar-refractivity contribution in [1.82, 2.24) is 0 Å². The zero-order valence-electron chi connectivity index (χ0n) is 10.2. The second kappa shape index (κ2) is 4.48. The Kier molecular flexibility index (Phi) is 3.34. The Labute approximate surface area is 106 Å². The third kappa shape index (κ3) is 2.28. The van der Waals surface area contributed by atoms with Gasteiger partial charge in [-0.15, -0.1) is 0 Å². The lowest BCUT2D eigenvalue weighted by molar-refractivity contribution is -0.0919. The first-order valence-electron chi connectivity index (χ1n) is 5.65. The molecule has 0 saturated heterocycles. The molecule has 3 unspecified atom stereocenters. The fourth-order valence-corrected chi connectivity index (χ4v) is 2.34. The predicted octanol–water partition coefficient (Wildman–Crippen LogP) is 2.95. The van der Waals surface area contributed by atoms with Crippen LogP contribution in [0.25, 0.3) is 0 Å². The summed E-state index contributed by atoms with van der Waals surface area (Å²) in [5.41, 5.74) is 0.230. The van der Waals surface area contributed by atoms with E-state index in [2.05, 4.69) is 0 Å². The van der Waals surface area contributed by atoms with E-state index in [0.29, 0.717) is 17.2 Å². The second-order valence-corrected chi connectivity index (χ2v) is 5.13. The van der Waals surface area contributed by atoms with Crippen LogP contribution in [0.4, 0.5) is 0 Å². The molecule has 94 valence electrons. The monoisotopic (exact) mass is 256 g/mol. The van der Waals surface area contributed by atoms with Gasteiger partial charge in [-0.05, 0) is 32.0 Å². The molecule has 1 heterocycles. The van der Waals surface area contributed by atoms with Gasteiger partial charge in [0, 0.05) is 24.1 Å². The minimum absolute atomic E-state index is 0.0963. The van der Waals surface area contributed by atoms with Crippen molar-refractivity contribution in [2.75, 3.05) is 7.11 Å². The van der Waals surface area contributed by atoms with Crippen LogP contribution in [0.3, 0.4) is 0 Å². The Morgan fingerprint density at radius 2 is 2.29 bits per heavy atom. The van der Waals surface area contributed by atoms with Crippen LogP contribution in [-0.2, 0) is 4.74 Å². The Balaban J connectivity index is 2.36. The van der Waals surface area contributed by atoms with Gasteiger partial charge in [0.1, 0.15) is 11.4 Å². The van der Waals surface area contributed by atoms with Gasteiger partial charge in [0.2, 0.25) is 0 Å². The number of rotatable bonds is 2. The Hall–Kier alpha value is -0.770. The summed E-state index contributed by atoms with van der Waals surface area (Å²) in [6.07, 6.45) is -0.170. The highest BCUT2D eigenvalue weighted by Gasteiger charge is 2.41. The molecule has 3 atom stereocenters. The number of fused-ring (bicyclic) bond motifs is 1. The molecule has 4 heteroatoms. The molecule has 1 aromatic carbocycles. The molecule has 0 bridgehead atoms. The van der Waals surface area contributed by atoms with E-state index in [0.717, 1.165) is 5.56 Å². The second-order valence-electron chi connectivity index (χ2n) is 4.69. The summed E-state index contributed by atoms with van der Waals surface area (Å²) in [5, 5.41) is 10.8. The lowest BCUT2D eigenvalue weighted by atomic mass is 9.86. The summed E-state index contributed by atoms with van der Waals surface area (Å²) in [6, 6.07) is 5.30. The molecule has 0 amide bonds. The van der Waals surface area contributed by atoms with E-state index in [-0.39, 0.29) is 6.10 Å². The fourth-order valence-electron chi connectivity index (χ4n) is 2.16. The predicted molar refractivity (Wildman–Crippen MR) is 66.5 cm³/mol. The van der Waals surface area contributed by atoms with Crippen LogP contribution < -0.4 is 4.74 Å². The van der Waals surface area contributed by atoms with Gasteiger partial charge >= 0.3 is 0 Å². The van der Waals surface area contributed by atoms with Crippen molar-refractivity contribution < 1.29 is 14.6 Å². The van der Waals surface area contributed by atoms with Crippen LogP contribution in [0.15, 0.2) is 18.2 Å². The fraction of sp³-hybridized carbons (Fsp3) is 0.538. The number of aliphatic hydroxyl groups is 1. The van der Waals surface area contributed by atoms with Crippen LogP contribution in [0.2, 0.25) is 5.02 Å². The molecular formula is C13H17ClO3. The van der Waals surface area contributed by atoms with Crippen molar-refractivity contribution >= 4 is 11.6 Å². The van der Waals surface area contributed by atoms with Gasteiger partial charge < -0.3 is 14.6 Å². The Bertz CT molecular complexity index is 421. The van der Waals surface area contributed by atoms with E-state index in [1.54, 1.807) is 25.3 Å². The Morgan fingerprint density at radius 1 is 1.59 bits per heavy atom. The maximum absolute atomic E-state index is 10.2. The van der Waals surface area contributed by atoms with Gasteiger partial charge in [-0.1, -0.05) is 11.6 Å². The van der Waals surface area contributed by atoms with E-state index in [4.69, 9.17) is 21.1 Å². The van der Waals surface area contributed by atoms with E-state index >= 15 is 0 Å². The molecular weight excluding hydrogens is 240 g/mol. The highest BCUT2D eigenvalue weighted by atomic mass is 35.5. The minimum atomic E-state index is -0.569. The topological polar surface area (TPSA) is 38.7 Å². The van der Waals surface area contributed by atoms with Crippen LogP contribution >= 0.6 is 11.6 Å². The third-order valence-electron chi connectivity index (χ3n) is 3.49. The maximum atomic E-state index is 10.2. The SMILES string of the molecule is COC(C)C1(C)CC(O)c2cc(Cl)ccc2O1. The molecule has 0 radical (unpaired) electrons. The molecule has 3 nitrogen and oxygen atoms in total. The van der Waals surface area contributed by atoms with Crippen LogP contribution in [0.5, 0.6) is 5.75 Å². The summed E-state index contributed by atoms with van der Waals surface area (Å²) in [6.45, 7) is 3.88. The smallest absolute Gasteiger partial charge is 0.135 e. The van der Waals surface area contributed by atoms with Crippen LogP contribution in [0, 0.1) is 0 Å². The summed E-state index contributed by atoms with van der Waals surface area (Å²) < 4.78 is 11.3. The number of hydrogen-bond acceptors (Lipinski definition) is 3.